The lowest BCUT2D eigenvalue weighted by atomic mass is 10.1. The number of amides is 1. The highest BCUT2D eigenvalue weighted by Gasteiger charge is 2.45. The van der Waals surface area contributed by atoms with Crippen molar-refractivity contribution >= 4 is 46.0 Å². The van der Waals surface area contributed by atoms with E-state index in [-0.39, 0.29) is 29.0 Å². The average molecular weight is 441 g/mol. The zero-order chi connectivity index (χ0) is 21.1. The number of fused-ring (bicyclic) bond motifs is 3. The number of aromatic nitrogens is 2. The molecule has 0 spiro atoms. The van der Waals surface area contributed by atoms with Gasteiger partial charge in [0.1, 0.15) is 16.9 Å². The summed E-state index contributed by atoms with van der Waals surface area (Å²) in [7, 11) is 0. The van der Waals surface area contributed by atoms with Crippen LogP contribution < -0.4 is 4.90 Å². The van der Waals surface area contributed by atoms with Gasteiger partial charge < -0.3 is 9.64 Å². The summed E-state index contributed by atoms with van der Waals surface area (Å²) < 4.78 is 20.3. The second-order valence-electron chi connectivity index (χ2n) is 8.69. The Labute approximate surface area is 178 Å². The summed E-state index contributed by atoms with van der Waals surface area (Å²) in [5, 5.41) is 0.820. The number of nitrogens with zero attached hydrogens (tertiary/aromatic N) is 4. The molecular formula is C20H23Cl2FN4O2. The van der Waals surface area contributed by atoms with E-state index >= 15 is 0 Å². The average Bonchev–Trinajstić information content (AvgIpc) is 2.89. The molecule has 9 heteroatoms. The fourth-order valence-corrected chi connectivity index (χ4v) is 4.53. The lowest BCUT2D eigenvalue weighted by molar-refractivity contribution is 0.0123. The molecule has 2 saturated heterocycles. The Morgan fingerprint density at radius 3 is 2.41 bits per heavy atom. The molecular weight excluding hydrogens is 418 g/mol. The third kappa shape index (κ3) is 3.70. The number of benzene rings is 1. The molecule has 0 radical (unpaired) electrons. The SMILES string of the molecule is Cc1c(Cl)cc2c(N3CC4CCC(C3)N4C(=O)OC(C)(C)C)nc(Cl)nc2c1F. The van der Waals surface area contributed by atoms with Crippen molar-refractivity contribution in [3.05, 3.63) is 27.8 Å². The predicted octanol–water partition coefficient (Wildman–Crippen LogP) is 4.97. The zero-order valence-corrected chi connectivity index (χ0v) is 18.3. The number of hydrogen-bond donors (Lipinski definition) is 0. The molecule has 2 aromatic rings. The number of halogens is 3. The van der Waals surface area contributed by atoms with E-state index in [1.54, 1.807) is 13.0 Å². The first kappa shape index (κ1) is 20.4. The number of carbonyl (C=O) groups is 1. The van der Waals surface area contributed by atoms with E-state index in [1.807, 2.05) is 30.6 Å². The van der Waals surface area contributed by atoms with Crippen LogP contribution in [0.4, 0.5) is 15.0 Å². The van der Waals surface area contributed by atoms with Crippen LogP contribution in [0.15, 0.2) is 6.07 Å². The smallest absolute Gasteiger partial charge is 0.410 e. The second-order valence-corrected chi connectivity index (χ2v) is 9.43. The summed E-state index contributed by atoms with van der Waals surface area (Å²) in [4.78, 5) is 25.0. The van der Waals surface area contributed by atoms with Crippen molar-refractivity contribution in [3.63, 3.8) is 0 Å². The summed E-state index contributed by atoms with van der Waals surface area (Å²) >= 11 is 12.3. The normalized spacial score (nSPS) is 21.8. The molecule has 3 heterocycles. The number of ether oxygens (including phenoxy) is 1. The van der Waals surface area contributed by atoms with Crippen molar-refractivity contribution in [2.24, 2.45) is 0 Å². The Morgan fingerprint density at radius 2 is 1.83 bits per heavy atom. The fourth-order valence-electron chi connectivity index (χ4n) is 4.18. The van der Waals surface area contributed by atoms with Crippen LogP contribution in [0.25, 0.3) is 10.9 Å². The maximum atomic E-state index is 14.8. The van der Waals surface area contributed by atoms with Gasteiger partial charge in [0.25, 0.3) is 0 Å². The number of carbonyl (C=O) groups excluding carboxylic acids is 1. The van der Waals surface area contributed by atoms with Crippen LogP contribution in [0.3, 0.4) is 0 Å². The van der Waals surface area contributed by atoms with E-state index in [9.17, 15) is 9.18 Å². The minimum absolute atomic E-state index is 0.00171. The topological polar surface area (TPSA) is 58.6 Å². The molecule has 2 fully saturated rings. The monoisotopic (exact) mass is 440 g/mol. The Morgan fingerprint density at radius 1 is 1.21 bits per heavy atom. The molecule has 6 nitrogen and oxygen atoms in total. The van der Waals surface area contributed by atoms with E-state index in [4.69, 9.17) is 27.9 Å². The van der Waals surface area contributed by atoms with E-state index < -0.39 is 11.4 Å². The van der Waals surface area contributed by atoms with Crippen LogP contribution in [-0.4, -0.2) is 51.7 Å². The molecule has 29 heavy (non-hydrogen) atoms. The van der Waals surface area contributed by atoms with Gasteiger partial charge in [0.05, 0.1) is 12.1 Å². The minimum atomic E-state index is -0.545. The summed E-state index contributed by atoms with van der Waals surface area (Å²) in [6.45, 7) is 8.30. The molecule has 0 N–H and O–H groups in total. The summed E-state index contributed by atoms with van der Waals surface area (Å²) in [5.41, 5.74) is -0.0607. The highest BCUT2D eigenvalue weighted by molar-refractivity contribution is 6.32. The van der Waals surface area contributed by atoms with E-state index in [1.165, 1.54) is 0 Å². The van der Waals surface area contributed by atoms with Crippen molar-refractivity contribution in [2.75, 3.05) is 18.0 Å². The Bertz CT molecular complexity index is 981. The zero-order valence-electron chi connectivity index (χ0n) is 16.8. The van der Waals surface area contributed by atoms with Crippen molar-refractivity contribution in [1.29, 1.82) is 0 Å². The number of anilines is 1. The highest BCUT2D eigenvalue weighted by Crippen LogP contribution is 2.37. The molecule has 2 unspecified atom stereocenters. The molecule has 1 aromatic carbocycles. The van der Waals surface area contributed by atoms with Gasteiger partial charge in [-0.05, 0) is 58.2 Å². The molecule has 4 rings (SSSR count). The summed E-state index contributed by atoms with van der Waals surface area (Å²) in [6.07, 6.45) is 1.47. The van der Waals surface area contributed by atoms with Gasteiger partial charge in [0.15, 0.2) is 5.82 Å². The molecule has 0 aliphatic carbocycles. The van der Waals surface area contributed by atoms with E-state index in [0.717, 1.165) is 12.8 Å². The quantitative estimate of drug-likeness (QED) is 0.585. The molecule has 1 amide bonds. The first-order chi connectivity index (χ1) is 13.5. The van der Waals surface area contributed by atoms with Gasteiger partial charge in [0, 0.05) is 29.1 Å². The third-order valence-corrected chi connectivity index (χ3v) is 6.01. The summed E-state index contributed by atoms with van der Waals surface area (Å²) in [6, 6.07) is 1.68. The van der Waals surface area contributed by atoms with Crippen LogP contribution in [0.2, 0.25) is 10.3 Å². The first-order valence-corrected chi connectivity index (χ1v) is 10.4. The number of rotatable bonds is 1. The molecule has 2 atom stereocenters. The molecule has 156 valence electrons. The van der Waals surface area contributed by atoms with Gasteiger partial charge in [-0.1, -0.05) is 11.6 Å². The van der Waals surface area contributed by atoms with Crippen molar-refractivity contribution in [3.8, 4) is 0 Å². The maximum absolute atomic E-state index is 14.8. The first-order valence-electron chi connectivity index (χ1n) is 9.63. The van der Waals surface area contributed by atoms with Gasteiger partial charge in [-0.25, -0.2) is 14.2 Å². The Balaban J connectivity index is 1.68. The number of hydrogen-bond acceptors (Lipinski definition) is 5. The maximum Gasteiger partial charge on any atom is 0.410 e. The molecule has 1 aromatic heterocycles. The number of piperazine rings is 1. The standard InChI is InChI=1S/C20H23Cl2FN4O2/c1-10-14(21)7-13-16(15(10)23)24-18(22)25-17(13)26-8-11-5-6-12(9-26)27(11)19(28)29-20(2,3)4/h7,11-12H,5-6,8-9H2,1-4H3. The van der Waals surface area contributed by atoms with Crippen LogP contribution in [0, 0.1) is 12.7 Å². The molecule has 0 saturated carbocycles. The third-order valence-electron chi connectivity index (χ3n) is 5.45. The van der Waals surface area contributed by atoms with Gasteiger partial charge in [-0.3, -0.25) is 4.90 Å². The fraction of sp³-hybridized carbons (Fsp3) is 0.550. The Hall–Kier alpha value is -1.86. The Kier molecular flexibility index (Phi) is 5.02. The summed E-state index contributed by atoms with van der Waals surface area (Å²) in [5.74, 6) is 0.0509. The lowest BCUT2D eigenvalue weighted by Crippen LogP contribution is -2.57. The van der Waals surface area contributed by atoms with Gasteiger partial charge in [-0.2, -0.15) is 4.98 Å². The van der Waals surface area contributed by atoms with Crippen molar-refractivity contribution < 1.29 is 13.9 Å². The van der Waals surface area contributed by atoms with Gasteiger partial charge >= 0.3 is 6.09 Å². The van der Waals surface area contributed by atoms with Crippen molar-refractivity contribution in [1.82, 2.24) is 14.9 Å². The molecule has 2 aliphatic rings. The van der Waals surface area contributed by atoms with Gasteiger partial charge in [0.2, 0.25) is 5.28 Å². The van der Waals surface area contributed by atoms with Crippen LogP contribution >= 0.6 is 23.2 Å². The van der Waals surface area contributed by atoms with E-state index in [0.29, 0.717) is 34.9 Å². The molecule has 2 aliphatic heterocycles. The van der Waals surface area contributed by atoms with Crippen LogP contribution in [-0.2, 0) is 4.74 Å². The van der Waals surface area contributed by atoms with Crippen LogP contribution in [0.5, 0.6) is 0 Å². The second kappa shape index (κ2) is 7.13. The largest absolute Gasteiger partial charge is 0.444 e. The van der Waals surface area contributed by atoms with Crippen molar-refractivity contribution in [2.45, 2.75) is 58.2 Å². The van der Waals surface area contributed by atoms with E-state index in [2.05, 4.69) is 9.97 Å². The highest BCUT2D eigenvalue weighted by atomic mass is 35.5. The van der Waals surface area contributed by atoms with Gasteiger partial charge in [-0.15, -0.1) is 0 Å². The molecule has 2 bridgehead atoms. The minimum Gasteiger partial charge on any atom is -0.444 e. The lowest BCUT2D eigenvalue weighted by Gasteiger charge is -2.42. The van der Waals surface area contributed by atoms with Crippen LogP contribution in [0.1, 0.15) is 39.2 Å². The predicted molar refractivity (Wildman–Crippen MR) is 111 cm³/mol.